The number of carbonyl (C=O) groups is 1. The van der Waals surface area contributed by atoms with Crippen LogP contribution in [0.25, 0.3) is 0 Å². The molecule has 5 heteroatoms. The van der Waals surface area contributed by atoms with Gasteiger partial charge in [-0.2, -0.15) is 5.26 Å². The Labute approximate surface area is 100 Å². The minimum Gasteiger partial charge on any atom is -0.465 e. The molecule has 0 spiro atoms. The molecule has 0 saturated carbocycles. The Bertz CT molecular complexity index is 384. The first kappa shape index (κ1) is 14.4. The van der Waals surface area contributed by atoms with Gasteiger partial charge in [-0.25, -0.2) is 4.79 Å². The Kier molecular flexibility index (Phi) is 6.16. The molecule has 0 fully saturated rings. The molecule has 86 valence electrons. The van der Waals surface area contributed by atoms with Crippen LogP contribution in [0.3, 0.4) is 0 Å². The maximum absolute atomic E-state index is 11.1. The summed E-state index contributed by atoms with van der Waals surface area (Å²) in [5, 5.41) is 8.47. The molecule has 0 aliphatic rings. The number of hydrogen-bond donors (Lipinski definition) is 1. The van der Waals surface area contributed by atoms with Crippen molar-refractivity contribution < 1.29 is 9.53 Å². The largest absolute Gasteiger partial charge is 0.465 e. The highest BCUT2D eigenvalue weighted by atomic mass is 35.5. The molecule has 4 nitrogen and oxygen atoms in total. The van der Waals surface area contributed by atoms with Crippen LogP contribution in [0.2, 0.25) is 0 Å². The molecule has 0 unspecified atom stereocenters. The maximum atomic E-state index is 11.1. The van der Waals surface area contributed by atoms with E-state index in [9.17, 15) is 4.79 Å². The van der Waals surface area contributed by atoms with Gasteiger partial charge in [0.05, 0.1) is 25.2 Å². The third-order valence-corrected chi connectivity index (χ3v) is 2.07. The van der Waals surface area contributed by atoms with Gasteiger partial charge in [-0.15, -0.1) is 12.4 Å². The summed E-state index contributed by atoms with van der Waals surface area (Å²) in [4.78, 5) is 11.1. The van der Waals surface area contributed by atoms with Crippen molar-refractivity contribution in [2.75, 3.05) is 7.11 Å². The summed E-state index contributed by atoms with van der Waals surface area (Å²) < 4.78 is 4.56. The maximum Gasteiger partial charge on any atom is 0.337 e. The number of benzene rings is 1. The third kappa shape index (κ3) is 3.54. The van der Waals surface area contributed by atoms with E-state index in [4.69, 9.17) is 11.0 Å². The molecule has 0 amide bonds. The molecule has 0 radical (unpaired) electrons. The second kappa shape index (κ2) is 6.83. The lowest BCUT2D eigenvalue weighted by molar-refractivity contribution is 0.0600. The number of halogens is 1. The summed E-state index contributed by atoms with van der Waals surface area (Å²) >= 11 is 0. The zero-order valence-corrected chi connectivity index (χ0v) is 9.66. The first-order chi connectivity index (χ1) is 7.19. The fraction of sp³-hybridized carbons (Fsp3) is 0.273. The SMILES string of the molecule is COC(=O)c1ccc([C@@H](N)CC#N)cc1.Cl. The molecule has 0 bridgehead atoms. The minimum atomic E-state index is -0.379. The van der Waals surface area contributed by atoms with Crippen molar-refractivity contribution in [1.29, 1.82) is 5.26 Å². The number of nitrogens with two attached hydrogens (primary N) is 1. The van der Waals surface area contributed by atoms with E-state index < -0.39 is 0 Å². The van der Waals surface area contributed by atoms with E-state index in [1.807, 2.05) is 6.07 Å². The Morgan fingerprint density at radius 1 is 1.50 bits per heavy atom. The number of nitriles is 1. The Morgan fingerprint density at radius 3 is 2.50 bits per heavy atom. The molecule has 0 heterocycles. The van der Waals surface area contributed by atoms with Gasteiger partial charge in [0.1, 0.15) is 0 Å². The van der Waals surface area contributed by atoms with Crippen molar-refractivity contribution in [3.8, 4) is 6.07 Å². The smallest absolute Gasteiger partial charge is 0.337 e. The molecule has 0 aliphatic carbocycles. The molecule has 1 atom stereocenters. The van der Waals surface area contributed by atoms with Crippen LogP contribution in [0.5, 0.6) is 0 Å². The van der Waals surface area contributed by atoms with Gasteiger partial charge in [0.2, 0.25) is 0 Å². The molecule has 0 aliphatic heterocycles. The quantitative estimate of drug-likeness (QED) is 0.818. The number of ether oxygens (including phenoxy) is 1. The summed E-state index contributed by atoms with van der Waals surface area (Å²) in [7, 11) is 1.33. The summed E-state index contributed by atoms with van der Waals surface area (Å²) in [6, 6.07) is 8.43. The lowest BCUT2D eigenvalue weighted by Crippen LogP contribution is -2.09. The minimum absolute atomic E-state index is 0. The van der Waals surface area contributed by atoms with Crippen molar-refractivity contribution in [1.82, 2.24) is 0 Å². The Balaban J connectivity index is 0.00000225. The first-order valence-electron chi connectivity index (χ1n) is 4.50. The number of carbonyl (C=O) groups excluding carboxylic acids is 1. The normalized spacial score (nSPS) is 10.8. The Morgan fingerprint density at radius 2 is 2.06 bits per heavy atom. The van der Waals surface area contributed by atoms with Gasteiger partial charge in [0, 0.05) is 6.04 Å². The highest BCUT2D eigenvalue weighted by Gasteiger charge is 2.08. The highest BCUT2D eigenvalue weighted by molar-refractivity contribution is 5.89. The van der Waals surface area contributed by atoms with Gasteiger partial charge in [-0.05, 0) is 17.7 Å². The fourth-order valence-corrected chi connectivity index (χ4v) is 1.20. The van der Waals surface area contributed by atoms with Crippen molar-refractivity contribution in [2.24, 2.45) is 5.73 Å². The summed E-state index contributed by atoms with van der Waals surface area (Å²) in [6.07, 6.45) is 0.261. The summed E-state index contributed by atoms with van der Waals surface area (Å²) in [6.45, 7) is 0. The molecular formula is C11H13ClN2O2. The lowest BCUT2D eigenvalue weighted by Gasteiger charge is -2.07. The van der Waals surface area contributed by atoms with Gasteiger partial charge >= 0.3 is 5.97 Å². The second-order valence-corrected chi connectivity index (χ2v) is 3.08. The van der Waals surface area contributed by atoms with Crippen LogP contribution < -0.4 is 5.73 Å². The van der Waals surface area contributed by atoms with Crippen LogP contribution in [-0.2, 0) is 4.74 Å². The molecule has 16 heavy (non-hydrogen) atoms. The molecule has 2 N–H and O–H groups in total. The van der Waals surface area contributed by atoms with Crippen LogP contribution in [0.4, 0.5) is 0 Å². The number of methoxy groups -OCH3 is 1. The Hall–Kier alpha value is -1.57. The first-order valence-corrected chi connectivity index (χ1v) is 4.50. The van der Waals surface area contributed by atoms with Crippen LogP contribution in [0, 0.1) is 11.3 Å². The van der Waals surface area contributed by atoms with Crippen molar-refractivity contribution in [3.05, 3.63) is 35.4 Å². The van der Waals surface area contributed by atoms with Crippen molar-refractivity contribution in [2.45, 2.75) is 12.5 Å². The van der Waals surface area contributed by atoms with Gasteiger partial charge < -0.3 is 10.5 Å². The average Bonchev–Trinajstić information content (AvgIpc) is 2.28. The predicted octanol–water partition coefficient (Wildman–Crippen LogP) is 1.81. The summed E-state index contributed by atoms with van der Waals surface area (Å²) in [5.41, 5.74) is 7.04. The van der Waals surface area contributed by atoms with E-state index in [1.165, 1.54) is 7.11 Å². The molecule has 1 rings (SSSR count). The van der Waals surface area contributed by atoms with Crippen LogP contribution in [-0.4, -0.2) is 13.1 Å². The topological polar surface area (TPSA) is 76.1 Å². The highest BCUT2D eigenvalue weighted by Crippen LogP contribution is 2.14. The zero-order chi connectivity index (χ0) is 11.3. The monoisotopic (exact) mass is 240 g/mol. The van der Waals surface area contributed by atoms with Gasteiger partial charge in [0.25, 0.3) is 0 Å². The molecule has 1 aromatic carbocycles. The van der Waals surface area contributed by atoms with Crippen molar-refractivity contribution >= 4 is 18.4 Å². The number of rotatable bonds is 3. The molecule has 1 aromatic rings. The molecule has 0 aromatic heterocycles. The standard InChI is InChI=1S/C11H12N2O2.ClH/c1-15-11(14)9-4-2-8(3-5-9)10(13)6-7-12;/h2-5,10H,6,13H2,1H3;1H/t10-;/m0./s1. The number of esters is 1. The van der Waals surface area contributed by atoms with Gasteiger partial charge in [-0.1, -0.05) is 12.1 Å². The number of nitrogens with zero attached hydrogens (tertiary/aromatic N) is 1. The summed E-state index contributed by atoms with van der Waals surface area (Å²) in [5.74, 6) is -0.379. The lowest BCUT2D eigenvalue weighted by atomic mass is 10.0. The molecular weight excluding hydrogens is 228 g/mol. The van der Waals surface area contributed by atoms with Crippen LogP contribution in [0.1, 0.15) is 28.4 Å². The van der Waals surface area contributed by atoms with E-state index in [0.29, 0.717) is 5.56 Å². The fourth-order valence-electron chi connectivity index (χ4n) is 1.20. The van der Waals surface area contributed by atoms with Gasteiger partial charge in [0.15, 0.2) is 0 Å². The van der Waals surface area contributed by atoms with Crippen LogP contribution >= 0.6 is 12.4 Å². The predicted molar refractivity (Wildman–Crippen MR) is 62.2 cm³/mol. The van der Waals surface area contributed by atoms with Crippen LogP contribution in [0.15, 0.2) is 24.3 Å². The van der Waals surface area contributed by atoms with Gasteiger partial charge in [-0.3, -0.25) is 0 Å². The second-order valence-electron chi connectivity index (χ2n) is 3.08. The average molecular weight is 241 g/mol. The third-order valence-electron chi connectivity index (χ3n) is 2.07. The van der Waals surface area contributed by atoms with E-state index in [2.05, 4.69) is 4.74 Å². The van der Waals surface area contributed by atoms with E-state index in [0.717, 1.165) is 5.56 Å². The molecule has 0 saturated heterocycles. The van der Waals surface area contributed by atoms with E-state index >= 15 is 0 Å². The van der Waals surface area contributed by atoms with E-state index in [-0.39, 0.29) is 30.8 Å². The van der Waals surface area contributed by atoms with Crippen molar-refractivity contribution in [3.63, 3.8) is 0 Å². The zero-order valence-electron chi connectivity index (χ0n) is 8.84. The van der Waals surface area contributed by atoms with E-state index in [1.54, 1.807) is 24.3 Å². The number of hydrogen-bond acceptors (Lipinski definition) is 4.